The minimum atomic E-state index is 0.00833. The van der Waals surface area contributed by atoms with Gasteiger partial charge in [0.2, 0.25) is 5.91 Å². The van der Waals surface area contributed by atoms with Gasteiger partial charge in [-0.25, -0.2) is 4.98 Å². The summed E-state index contributed by atoms with van der Waals surface area (Å²) >= 11 is 5.73. The number of carbonyl (C=O) groups excluding carboxylic acids is 1. The maximum absolute atomic E-state index is 12.2. The topological polar surface area (TPSA) is 113 Å². The van der Waals surface area contributed by atoms with E-state index >= 15 is 0 Å². The average molecular weight is 388 g/mol. The van der Waals surface area contributed by atoms with Crippen LogP contribution in [0.2, 0.25) is 5.15 Å². The number of halogens is 1. The number of aromatic nitrogens is 3. The van der Waals surface area contributed by atoms with Gasteiger partial charge in [0, 0.05) is 26.6 Å². The Kier molecular flexibility index (Phi) is 8.96. The number of carbonyl (C=O) groups is 1. The molecule has 2 N–H and O–H groups in total. The number of nitrogens with zero attached hydrogens (tertiary/aromatic N) is 4. The molecule has 26 heavy (non-hydrogen) atoms. The second-order valence-electron chi connectivity index (χ2n) is 6.09. The zero-order chi connectivity index (χ0) is 18.8. The van der Waals surface area contributed by atoms with Crippen molar-refractivity contribution in [2.24, 2.45) is 5.92 Å². The number of methoxy groups -OCH3 is 1. The largest absolute Gasteiger partial charge is 0.382 e. The molecule has 0 aromatic carbocycles. The summed E-state index contributed by atoms with van der Waals surface area (Å²) in [4.78, 5) is 18.1. The van der Waals surface area contributed by atoms with Crippen molar-refractivity contribution in [1.82, 2.24) is 20.1 Å². The molecule has 1 aromatic heterocycles. The summed E-state index contributed by atoms with van der Waals surface area (Å²) in [5, 5.41) is 7.88. The SMILES string of the molecule is COCCOCCOCC(=O)N1CCC(Cc2nnc(Cl)c(N)n2)CC1. The second kappa shape index (κ2) is 11.2. The van der Waals surface area contributed by atoms with Crippen LogP contribution in [0, 0.1) is 5.92 Å². The van der Waals surface area contributed by atoms with Crippen LogP contribution >= 0.6 is 11.6 Å². The quantitative estimate of drug-likeness (QED) is 0.580. The maximum Gasteiger partial charge on any atom is 0.248 e. The molecule has 10 heteroatoms. The van der Waals surface area contributed by atoms with Crippen molar-refractivity contribution in [3.63, 3.8) is 0 Å². The van der Waals surface area contributed by atoms with Crippen LogP contribution in [-0.4, -0.2) is 79.2 Å². The monoisotopic (exact) mass is 387 g/mol. The number of hydrogen-bond acceptors (Lipinski definition) is 8. The van der Waals surface area contributed by atoms with Crippen molar-refractivity contribution in [1.29, 1.82) is 0 Å². The molecule has 0 unspecified atom stereocenters. The van der Waals surface area contributed by atoms with Gasteiger partial charge in [0.15, 0.2) is 16.8 Å². The third kappa shape index (κ3) is 6.99. The van der Waals surface area contributed by atoms with Gasteiger partial charge in [-0.3, -0.25) is 4.79 Å². The molecule has 0 saturated carbocycles. The highest BCUT2D eigenvalue weighted by Crippen LogP contribution is 2.21. The molecule has 2 heterocycles. The highest BCUT2D eigenvalue weighted by molar-refractivity contribution is 6.31. The average Bonchev–Trinajstić information content (AvgIpc) is 2.64. The fraction of sp³-hybridized carbons (Fsp3) is 0.750. The number of likely N-dealkylation sites (tertiary alicyclic amines) is 1. The fourth-order valence-corrected chi connectivity index (χ4v) is 2.78. The first kappa shape index (κ1) is 20.8. The van der Waals surface area contributed by atoms with Crippen molar-refractivity contribution in [3.8, 4) is 0 Å². The van der Waals surface area contributed by atoms with Gasteiger partial charge in [0.05, 0.1) is 26.4 Å². The van der Waals surface area contributed by atoms with Gasteiger partial charge in [-0.15, -0.1) is 10.2 Å². The Morgan fingerprint density at radius 3 is 2.58 bits per heavy atom. The number of nitrogens with two attached hydrogens (primary N) is 1. The molecule has 1 aromatic rings. The summed E-state index contributed by atoms with van der Waals surface area (Å²) in [6, 6.07) is 0. The number of rotatable bonds is 10. The zero-order valence-electron chi connectivity index (χ0n) is 15.0. The molecule has 0 spiro atoms. The van der Waals surface area contributed by atoms with E-state index in [1.54, 1.807) is 7.11 Å². The Balaban J connectivity index is 1.61. The van der Waals surface area contributed by atoms with E-state index in [0.29, 0.717) is 57.7 Å². The van der Waals surface area contributed by atoms with Crippen molar-refractivity contribution in [2.45, 2.75) is 19.3 Å². The lowest BCUT2D eigenvalue weighted by Gasteiger charge is -2.31. The third-order valence-electron chi connectivity index (χ3n) is 4.18. The molecule has 0 bridgehead atoms. The lowest BCUT2D eigenvalue weighted by Crippen LogP contribution is -2.41. The van der Waals surface area contributed by atoms with Crippen LogP contribution in [0.3, 0.4) is 0 Å². The van der Waals surface area contributed by atoms with E-state index in [9.17, 15) is 4.79 Å². The highest BCUT2D eigenvalue weighted by Gasteiger charge is 2.24. The van der Waals surface area contributed by atoms with Crippen LogP contribution in [0.1, 0.15) is 18.7 Å². The molecule has 1 fully saturated rings. The zero-order valence-corrected chi connectivity index (χ0v) is 15.8. The molecular formula is C16H26ClN5O4. The van der Waals surface area contributed by atoms with E-state index in [-0.39, 0.29) is 23.5 Å². The number of ether oxygens (including phenoxy) is 3. The molecule has 2 rings (SSSR count). The molecule has 146 valence electrons. The van der Waals surface area contributed by atoms with E-state index in [1.165, 1.54) is 0 Å². The summed E-state index contributed by atoms with van der Waals surface area (Å²) < 4.78 is 15.5. The summed E-state index contributed by atoms with van der Waals surface area (Å²) in [7, 11) is 1.62. The summed E-state index contributed by atoms with van der Waals surface area (Å²) in [6.45, 7) is 3.42. The van der Waals surface area contributed by atoms with E-state index in [4.69, 9.17) is 31.5 Å². The van der Waals surface area contributed by atoms with E-state index < -0.39 is 0 Å². The van der Waals surface area contributed by atoms with Gasteiger partial charge >= 0.3 is 0 Å². The van der Waals surface area contributed by atoms with Gasteiger partial charge in [-0.1, -0.05) is 11.6 Å². The first-order valence-corrected chi connectivity index (χ1v) is 9.04. The van der Waals surface area contributed by atoms with Crippen molar-refractivity contribution in [2.75, 3.05) is 59.0 Å². The Bertz CT molecular complexity index is 570. The first-order chi connectivity index (χ1) is 12.6. The number of nitrogen functional groups attached to an aromatic ring is 1. The molecule has 1 aliphatic heterocycles. The lowest BCUT2D eigenvalue weighted by atomic mass is 9.93. The van der Waals surface area contributed by atoms with Crippen LogP contribution in [-0.2, 0) is 25.4 Å². The van der Waals surface area contributed by atoms with Crippen molar-refractivity contribution >= 4 is 23.3 Å². The smallest absolute Gasteiger partial charge is 0.248 e. The highest BCUT2D eigenvalue weighted by atomic mass is 35.5. The third-order valence-corrected chi connectivity index (χ3v) is 4.45. The first-order valence-electron chi connectivity index (χ1n) is 8.67. The number of piperidine rings is 1. The Morgan fingerprint density at radius 2 is 1.88 bits per heavy atom. The Labute approximate surface area is 158 Å². The van der Waals surface area contributed by atoms with Crippen LogP contribution in [0.5, 0.6) is 0 Å². The van der Waals surface area contributed by atoms with E-state index in [2.05, 4.69) is 15.2 Å². The van der Waals surface area contributed by atoms with Crippen molar-refractivity contribution < 1.29 is 19.0 Å². The molecule has 9 nitrogen and oxygen atoms in total. The lowest BCUT2D eigenvalue weighted by molar-refractivity contribution is -0.138. The summed E-state index contributed by atoms with van der Waals surface area (Å²) in [6.07, 6.45) is 2.46. The molecule has 1 saturated heterocycles. The normalized spacial score (nSPS) is 15.4. The summed E-state index contributed by atoms with van der Waals surface area (Å²) in [5.74, 6) is 1.20. The minimum Gasteiger partial charge on any atom is -0.382 e. The second-order valence-corrected chi connectivity index (χ2v) is 6.45. The molecule has 1 aliphatic rings. The van der Waals surface area contributed by atoms with Gasteiger partial charge < -0.3 is 24.8 Å². The number of anilines is 1. The van der Waals surface area contributed by atoms with E-state index in [0.717, 1.165) is 12.8 Å². The van der Waals surface area contributed by atoms with Gasteiger partial charge in [-0.05, 0) is 18.8 Å². The van der Waals surface area contributed by atoms with Crippen LogP contribution in [0.25, 0.3) is 0 Å². The molecule has 0 atom stereocenters. The molecular weight excluding hydrogens is 362 g/mol. The van der Waals surface area contributed by atoms with Gasteiger partial charge in [-0.2, -0.15) is 0 Å². The molecule has 0 aliphatic carbocycles. The van der Waals surface area contributed by atoms with Gasteiger partial charge in [0.1, 0.15) is 6.61 Å². The Hall–Kier alpha value is -1.55. The Morgan fingerprint density at radius 1 is 1.19 bits per heavy atom. The van der Waals surface area contributed by atoms with Gasteiger partial charge in [0.25, 0.3) is 0 Å². The summed E-state index contributed by atoms with van der Waals surface area (Å²) in [5.41, 5.74) is 5.65. The van der Waals surface area contributed by atoms with Crippen LogP contribution in [0.4, 0.5) is 5.82 Å². The van der Waals surface area contributed by atoms with Crippen LogP contribution < -0.4 is 5.73 Å². The molecule has 1 amide bonds. The number of amides is 1. The fourth-order valence-electron chi connectivity index (χ4n) is 2.70. The standard InChI is InChI=1S/C16H26ClN5O4/c1-24-6-7-25-8-9-26-11-14(23)22-4-2-12(3-5-22)10-13-19-16(18)15(17)21-20-13/h12H,2-11H2,1H3,(H2,18,19,20). The maximum atomic E-state index is 12.2. The predicted molar refractivity (Wildman–Crippen MR) is 95.8 cm³/mol. The number of hydrogen-bond donors (Lipinski definition) is 1. The minimum absolute atomic E-state index is 0.00833. The predicted octanol–water partition coefficient (Wildman–Crippen LogP) is 0.568. The molecule has 0 radical (unpaired) electrons. The van der Waals surface area contributed by atoms with Crippen LogP contribution in [0.15, 0.2) is 0 Å². The van der Waals surface area contributed by atoms with Crippen molar-refractivity contribution in [3.05, 3.63) is 11.0 Å². The van der Waals surface area contributed by atoms with E-state index in [1.807, 2.05) is 4.90 Å².